The summed E-state index contributed by atoms with van der Waals surface area (Å²) < 4.78 is 1.88. The Morgan fingerprint density at radius 3 is 2.62 bits per heavy atom. The highest BCUT2D eigenvalue weighted by atomic mass is 16.2. The van der Waals surface area contributed by atoms with Gasteiger partial charge in [0.1, 0.15) is 11.3 Å². The number of amides is 1. The molecule has 122 valence electrons. The van der Waals surface area contributed by atoms with Crippen molar-refractivity contribution in [3.8, 4) is 0 Å². The van der Waals surface area contributed by atoms with E-state index in [0.29, 0.717) is 18.2 Å². The SMILES string of the molecule is C[C@H]1CN(C)c2ccccc2N(C(=O)c2cn3ccccc3n2)C1. The molecular formula is C19H20N4O. The molecule has 3 aromatic rings. The zero-order valence-corrected chi connectivity index (χ0v) is 13.9. The first kappa shape index (κ1) is 14.8. The first-order valence-electron chi connectivity index (χ1n) is 8.19. The van der Waals surface area contributed by atoms with Gasteiger partial charge in [0.25, 0.3) is 5.91 Å². The Labute approximate surface area is 141 Å². The van der Waals surface area contributed by atoms with Crippen LogP contribution >= 0.6 is 0 Å². The maximum atomic E-state index is 13.2. The van der Waals surface area contributed by atoms with Gasteiger partial charge in [0.15, 0.2) is 0 Å². The van der Waals surface area contributed by atoms with E-state index < -0.39 is 0 Å². The smallest absolute Gasteiger partial charge is 0.278 e. The van der Waals surface area contributed by atoms with Gasteiger partial charge in [-0.2, -0.15) is 0 Å². The number of imidazole rings is 1. The summed E-state index contributed by atoms with van der Waals surface area (Å²) in [6.07, 6.45) is 3.71. The summed E-state index contributed by atoms with van der Waals surface area (Å²) >= 11 is 0. The van der Waals surface area contributed by atoms with Crippen LogP contribution in [-0.2, 0) is 0 Å². The normalized spacial score (nSPS) is 17.7. The largest absolute Gasteiger partial charge is 0.373 e. The fraction of sp³-hybridized carbons (Fsp3) is 0.263. The van der Waals surface area contributed by atoms with E-state index in [1.807, 2.05) is 51.9 Å². The van der Waals surface area contributed by atoms with Crippen LogP contribution in [0.25, 0.3) is 5.65 Å². The van der Waals surface area contributed by atoms with E-state index in [1.54, 1.807) is 6.20 Å². The monoisotopic (exact) mass is 320 g/mol. The molecule has 5 heteroatoms. The summed E-state index contributed by atoms with van der Waals surface area (Å²) in [6, 6.07) is 13.8. The van der Waals surface area contributed by atoms with E-state index in [-0.39, 0.29) is 5.91 Å². The van der Waals surface area contributed by atoms with Gasteiger partial charge in [-0.3, -0.25) is 4.79 Å². The maximum Gasteiger partial charge on any atom is 0.278 e. The van der Waals surface area contributed by atoms with Crippen LogP contribution in [0.2, 0.25) is 0 Å². The van der Waals surface area contributed by atoms with Crippen molar-refractivity contribution < 1.29 is 4.79 Å². The Balaban J connectivity index is 1.78. The van der Waals surface area contributed by atoms with E-state index in [0.717, 1.165) is 23.6 Å². The van der Waals surface area contributed by atoms with Crippen molar-refractivity contribution in [3.05, 3.63) is 60.6 Å². The van der Waals surface area contributed by atoms with E-state index in [4.69, 9.17) is 0 Å². The lowest BCUT2D eigenvalue weighted by Gasteiger charge is -2.23. The van der Waals surface area contributed by atoms with Crippen LogP contribution in [0.1, 0.15) is 17.4 Å². The molecule has 0 saturated carbocycles. The minimum absolute atomic E-state index is 0.0479. The highest BCUT2D eigenvalue weighted by molar-refractivity contribution is 6.07. The number of rotatable bonds is 1. The minimum Gasteiger partial charge on any atom is -0.373 e. The van der Waals surface area contributed by atoms with Crippen LogP contribution in [0, 0.1) is 5.92 Å². The van der Waals surface area contributed by atoms with Gasteiger partial charge >= 0.3 is 0 Å². The molecule has 0 fully saturated rings. The third-order valence-electron chi connectivity index (χ3n) is 4.49. The lowest BCUT2D eigenvalue weighted by atomic mass is 10.1. The third kappa shape index (κ3) is 2.42. The summed E-state index contributed by atoms with van der Waals surface area (Å²) in [6.45, 7) is 3.78. The second kappa shape index (κ2) is 5.67. The fourth-order valence-electron chi connectivity index (χ4n) is 3.42. The van der Waals surface area contributed by atoms with Crippen molar-refractivity contribution in [2.45, 2.75) is 6.92 Å². The molecule has 1 aliphatic rings. The molecule has 24 heavy (non-hydrogen) atoms. The van der Waals surface area contributed by atoms with Gasteiger partial charge < -0.3 is 14.2 Å². The van der Waals surface area contributed by atoms with Crippen molar-refractivity contribution in [2.24, 2.45) is 5.92 Å². The number of nitrogens with zero attached hydrogens (tertiary/aromatic N) is 4. The lowest BCUT2D eigenvalue weighted by molar-refractivity contribution is 0.0980. The highest BCUT2D eigenvalue weighted by Gasteiger charge is 2.28. The average molecular weight is 320 g/mol. The molecule has 0 radical (unpaired) electrons. The molecule has 4 rings (SSSR count). The zero-order valence-electron chi connectivity index (χ0n) is 13.9. The van der Waals surface area contributed by atoms with Gasteiger partial charge in [-0.15, -0.1) is 0 Å². The van der Waals surface area contributed by atoms with Crippen molar-refractivity contribution in [1.29, 1.82) is 0 Å². The quantitative estimate of drug-likeness (QED) is 0.692. The number of para-hydroxylation sites is 2. The third-order valence-corrected chi connectivity index (χ3v) is 4.49. The molecule has 0 unspecified atom stereocenters. The molecule has 5 nitrogen and oxygen atoms in total. The molecule has 0 bridgehead atoms. The summed E-state index contributed by atoms with van der Waals surface area (Å²) in [5.41, 5.74) is 3.30. The fourth-order valence-corrected chi connectivity index (χ4v) is 3.42. The van der Waals surface area contributed by atoms with Crippen LogP contribution in [0.4, 0.5) is 11.4 Å². The zero-order chi connectivity index (χ0) is 16.7. The summed E-state index contributed by atoms with van der Waals surface area (Å²) in [5, 5.41) is 0. The van der Waals surface area contributed by atoms with Crippen LogP contribution in [0.15, 0.2) is 54.9 Å². The predicted molar refractivity (Wildman–Crippen MR) is 95.7 cm³/mol. The summed E-state index contributed by atoms with van der Waals surface area (Å²) in [5.74, 6) is 0.330. The number of pyridine rings is 1. The maximum absolute atomic E-state index is 13.2. The number of aromatic nitrogens is 2. The molecule has 1 amide bonds. The van der Waals surface area contributed by atoms with Gasteiger partial charge in [-0.25, -0.2) is 4.98 Å². The van der Waals surface area contributed by atoms with E-state index >= 15 is 0 Å². The van der Waals surface area contributed by atoms with Gasteiger partial charge in [0, 0.05) is 32.5 Å². The number of carbonyl (C=O) groups is 1. The van der Waals surface area contributed by atoms with Crippen molar-refractivity contribution >= 4 is 22.9 Å². The number of anilines is 2. The van der Waals surface area contributed by atoms with E-state index in [1.165, 1.54) is 0 Å². The molecule has 0 saturated heterocycles. The van der Waals surface area contributed by atoms with E-state index in [2.05, 4.69) is 29.9 Å². The second-order valence-corrected chi connectivity index (χ2v) is 6.48. The molecule has 1 atom stereocenters. The molecule has 0 spiro atoms. The Kier molecular flexibility index (Phi) is 3.49. The van der Waals surface area contributed by atoms with Gasteiger partial charge in [0.2, 0.25) is 0 Å². The van der Waals surface area contributed by atoms with Crippen LogP contribution in [0.5, 0.6) is 0 Å². The predicted octanol–water partition coefficient (Wildman–Crippen LogP) is 3.07. The van der Waals surface area contributed by atoms with Crippen LogP contribution in [0.3, 0.4) is 0 Å². The summed E-state index contributed by atoms with van der Waals surface area (Å²) in [7, 11) is 2.08. The van der Waals surface area contributed by atoms with Gasteiger partial charge in [-0.1, -0.05) is 25.1 Å². The topological polar surface area (TPSA) is 40.9 Å². The number of benzene rings is 1. The lowest BCUT2D eigenvalue weighted by Crippen LogP contribution is -2.35. The van der Waals surface area contributed by atoms with E-state index in [9.17, 15) is 4.79 Å². The Hall–Kier alpha value is -2.82. The highest BCUT2D eigenvalue weighted by Crippen LogP contribution is 2.33. The number of hydrogen-bond acceptors (Lipinski definition) is 3. The van der Waals surface area contributed by atoms with Crippen LogP contribution in [-0.4, -0.2) is 35.4 Å². The van der Waals surface area contributed by atoms with Gasteiger partial charge in [-0.05, 0) is 30.2 Å². The molecule has 0 aliphatic carbocycles. The van der Waals surface area contributed by atoms with Crippen molar-refractivity contribution in [2.75, 3.05) is 29.9 Å². The average Bonchev–Trinajstić information content (AvgIpc) is 2.98. The van der Waals surface area contributed by atoms with Gasteiger partial charge in [0.05, 0.1) is 11.4 Å². The first-order valence-corrected chi connectivity index (χ1v) is 8.19. The Bertz CT molecular complexity index is 868. The minimum atomic E-state index is -0.0479. The molecule has 1 aliphatic heterocycles. The number of carbonyl (C=O) groups excluding carboxylic acids is 1. The molecule has 0 N–H and O–H groups in total. The van der Waals surface area contributed by atoms with Crippen LogP contribution < -0.4 is 9.80 Å². The molecule has 1 aromatic carbocycles. The molecular weight excluding hydrogens is 300 g/mol. The number of fused-ring (bicyclic) bond motifs is 2. The molecule has 3 heterocycles. The Morgan fingerprint density at radius 2 is 1.83 bits per heavy atom. The second-order valence-electron chi connectivity index (χ2n) is 6.48. The van der Waals surface area contributed by atoms with Crippen molar-refractivity contribution in [1.82, 2.24) is 9.38 Å². The molecule has 2 aromatic heterocycles. The van der Waals surface area contributed by atoms with Crippen molar-refractivity contribution in [3.63, 3.8) is 0 Å². The Morgan fingerprint density at radius 1 is 1.08 bits per heavy atom. The summed E-state index contributed by atoms with van der Waals surface area (Å²) in [4.78, 5) is 21.7. The first-order chi connectivity index (χ1) is 11.6. The number of hydrogen-bond donors (Lipinski definition) is 0. The standard InChI is InChI=1S/C19H20N4O/c1-14-11-21(2)16-7-3-4-8-17(16)23(12-14)19(24)15-13-22-10-6-5-9-18(22)20-15/h3-10,13-14H,11-12H2,1-2H3/t14-/m0/s1.